The first-order chi connectivity index (χ1) is 16.4. The number of ether oxygens (including phenoxy) is 3. The summed E-state index contributed by atoms with van der Waals surface area (Å²) in [5, 5.41) is 3.91. The van der Waals surface area contributed by atoms with Crippen molar-refractivity contribution in [2.75, 3.05) is 13.7 Å². The van der Waals surface area contributed by atoms with Gasteiger partial charge in [-0.05, 0) is 62.6 Å². The molecule has 0 atom stereocenters. The first-order valence-electron chi connectivity index (χ1n) is 11.2. The zero-order valence-corrected chi connectivity index (χ0v) is 19.6. The van der Waals surface area contributed by atoms with E-state index in [1.807, 2.05) is 38.1 Å². The van der Waals surface area contributed by atoms with Crippen LogP contribution in [0.15, 0.2) is 53.1 Å². The summed E-state index contributed by atoms with van der Waals surface area (Å²) in [4.78, 5) is 27.2. The second-order valence-corrected chi connectivity index (χ2v) is 8.30. The van der Waals surface area contributed by atoms with Crippen molar-refractivity contribution in [2.24, 2.45) is 0 Å². The van der Waals surface area contributed by atoms with Gasteiger partial charge in [0.25, 0.3) is 5.91 Å². The lowest BCUT2D eigenvalue weighted by Gasteiger charge is -2.22. The van der Waals surface area contributed by atoms with Gasteiger partial charge in [-0.25, -0.2) is 4.79 Å². The minimum atomic E-state index is -0.573. The second-order valence-electron chi connectivity index (χ2n) is 8.30. The molecule has 1 aliphatic carbocycles. The van der Waals surface area contributed by atoms with E-state index in [4.69, 9.17) is 18.7 Å². The molecule has 3 aromatic rings. The molecule has 0 bridgehead atoms. The molecule has 0 aliphatic heterocycles. The van der Waals surface area contributed by atoms with E-state index < -0.39 is 5.97 Å². The molecule has 8 heteroatoms. The third-order valence-corrected chi connectivity index (χ3v) is 5.78. The molecule has 2 aromatic carbocycles. The number of methoxy groups -OCH3 is 1. The zero-order valence-electron chi connectivity index (χ0n) is 19.6. The van der Waals surface area contributed by atoms with Crippen molar-refractivity contribution in [2.45, 2.75) is 45.9 Å². The Labute approximate surface area is 198 Å². The van der Waals surface area contributed by atoms with Gasteiger partial charge in [0.2, 0.25) is 0 Å². The maximum absolute atomic E-state index is 12.8. The lowest BCUT2D eigenvalue weighted by molar-refractivity contribution is -0.135. The number of nitrogens with zero attached hydrogens (tertiary/aromatic N) is 2. The quantitative estimate of drug-likeness (QED) is 0.415. The maximum atomic E-state index is 12.8. The van der Waals surface area contributed by atoms with Crippen LogP contribution in [0.5, 0.6) is 11.5 Å². The first-order valence-corrected chi connectivity index (χ1v) is 11.2. The van der Waals surface area contributed by atoms with Crippen molar-refractivity contribution in [3.63, 3.8) is 0 Å². The van der Waals surface area contributed by atoms with Crippen molar-refractivity contribution < 1.29 is 28.3 Å². The molecule has 1 amide bonds. The van der Waals surface area contributed by atoms with E-state index in [1.54, 1.807) is 36.3 Å². The average Bonchev–Trinajstić information content (AvgIpc) is 3.65. The lowest BCUT2D eigenvalue weighted by atomic mass is 10.2. The zero-order chi connectivity index (χ0) is 24.1. The number of amides is 1. The van der Waals surface area contributed by atoms with E-state index >= 15 is 0 Å². The van der Waals surface area contributed by atoms with Crippen LogP contribution in [0.3, 0.4) is 0 Å². The fourth-order valence-corrected chi connectivity index (χ4v) is 3.60. The first kappa shape index (κ1) is 23.4. The van der Waals surface area contributed by atoms with E-state index in [2.05, 4.69) is 5.16 Å². The van der Waals surface area contributed by atoms with E-state index in [0.29, 0.717) is 23.6 Å². The minimum absolute atomic E-state index is 0.189. The summed E-state index contributed by atoms with van der Waals surface area (Å²) >= 11 is 0. The van der Waals surface area contributed by atoms with Gasteiger partial charge in [-0.1, -0.05) is 23.4 Å². The van der Waals surface area contributed by atoms with Gasteiger partial charge in [-0.3, -0.25) is 4.79 Å². The number of carbonyl (C=O) groups excluding carboxylic acids is 2. The summed E-state index contributed by atoms with van der Waals surface area (Å²) in [6, 6.07) is 14.5. The number of hydrogen-bond acceptors (Lipinski definition) is 7. The molecule has 0 radical (unpaired) electrons. The standard InChI is InChI=1S/C26H28N2O6/c1-17-24(18(2)34-27-17)15-32-23-6-4-5-20(13-23)26(30)33-16-25(29)28(21-9-10-21)14-19-7-11-22(31-3)12-8-19/h4-8,11-13,21H,9-10,14-16H2,1-3H3. The summed E-state index contributed by atoms with van der Waals surface area (Å²) in [6.07, 6.45) is 1.92. The normalized spacial score (nSPS) is 12.8. The number of aromatic nitrogens is 1. The predicted octanol–water partition coefficient (Wildman–Crippen LogP) is 4.23. The molecule has 1 heterocycles. The molecule has 1 aliphatic rings. The molecule has 1 saturated carbocycles. The van der Waals surface area contributed by atoms with Crippen LogP contribution in [0.1, 0.15) is 45.8 Å². The van der Waals surface area contributed by atoms with Crippen LogP contribution in [0.25, 0.3) is 0 Å². The van der Waals surface area contributed by atoms with Crippen molar-refractivity contribution >= 4 is 11.9 Å². The molecule has 178 valence electrons. The van der Waals surface area contributed by atoms with Crippen LogP contribution in [-0.4, -0.2) is 41.7 Å². The van der Waals surface area contributed by atoms with Gasteiger partial charge in [-0.2, -0.15) is 0 Å². The fourth-order valence-electron chi connectivity index (χ4n) is 3.60. The molecule has 4 rings (SSSR count). The summed E-state index contributed by atoms with van der Waals surface area (Å²) < 4.78 is 21.5. The molecular formula is C26H28N2O6. The van der Waals surface area contributed by atoms with Gasteiger partial charge in [0, 0.05) is 12.6 Å². The van der Waals surface area contributed by atoms with Crippen molar-refractivity contribution in [1.82, 2.24) is 10.1 Å². The highest BCUT2D eigenvalue weighted by atomic mass is 16.5. The summed E-state index contributed by atoms with van der Waals surface area (Å²) in [5.41, 5.74) is 2.95. The molecule has 0 saturated heterocycles. The van der Waals surface area contributed by atoms with E-state index in [-0.39, 0.29) is 25.2 Å². The Morgan fingerprint density at radius 2 is 1.85 bits per heavy atom. The number of carbonyl (C=O) groups is 2. The molecule has 34 heavy (non-hydrogen) atoms. The molecule has 0 spiro atoms. The van der Waals surface area contributed by atoms with Crippen molar-refractivity contribution in [1.29, 1.82) is 0 Å². The molecule has 1 aromatic heterocycles. The van der Waals surface area contributed by atoms with Crippen molar-refractivity contribution in [3.8, 4) is 11.5 Å². The smallest absolute Gasteiger partial charge is 0.338 e. The summed E-state index contributed by atoms with van der Waals surface area (Å²) in [7, 11) is 1.62. The Hall–Kier alpha value is -3.81. The van der Waals surface area contributed by atoms with E-state index in [0.717, 1.165) is 35.4 Å². The van der Waals surface area contributed by atoms with Gasteiger partial charge < -0.3 is 23.6 Å². The van der Waals surface area contributed by atoms with Crippen LogP contribution < -0.4 is 9.47 Å². The number of benzene rings is 2. The van der Waals surface area contributed by atoms with Gasteiger partial charge in [0.05, 0.1) is 23.9 Å². The third kappa shape index (κ3) is 5.75. The number of esters is 1. The SMILES string of the molecule is COc1ccc(CN(C(=O)COC(=O)c2cccc(OCc3c(C)noc3C)c2)C2CC2)cc1. The Kier molecular flexibility index (Phi) is 7.15. The van der Waals surface area contributed by atoms with Crippen LogP contribution in [-0.2, 0) is 22.7 Å². The molecule has 1 fully saturated rings. The van der Waals surface area contributed by atoms with Crippen LogP contribution in [0.2, 0.25) is 0 Å². The largest absolute Gasteiger partial charge is 0.497 e. The average molecular weight is 465 g/mol. The van der Waals surface area contributed by atoms with Gasteiger partial charge in [0.15, 0.2) is 6.61 Å². The molecular weight excluding hydrogens is 436 g/mol. The maximum Gasteiger partial charge on any atom is 0.338 e. The summed E-state index contributed by atoms with van der Waals surface area (Å²) in [5.74, 6) is 1.19. The van der Waals surface area contributed by atoms with Crippen molar-refractivity contribution in [3.05, 3.63) is 76.7 Å². The van der Waals surface area contributed by atoms with Crippen LogP contribution >= 0.6 is 0 Å². The Morgan fingerprint density at radius 1 is 1.09 bits per heavy atom. The number of hydrogen-bond donors (Lipinski definition) is 0. The minimum Gasteiger partial charge on any atom is -0.497 e. The molecule has 0 unspecified atom stereocenters. The van der Waals surface area contributed by atoms with Crippen LogP contribution in [0, 0.1) is 13.8 Å². The molecule has 0 N–H and O–H groups in total. The predicted molar refractivity (Wildman–Crippen MR) is 124 cm³/mol. The monoisotopic (exact) mass is 464 g/mol. The Balaban J connectivity index is 1.33. The summed E-state index contributed by atoms with van der Waals surface area (Å²) in [6.45, 7) is 4.11. The van der Waals surface area contributed by atoms with E-state index in [1.165, 1.54) is 0 Å². The second kappa shape index (κ2) is 10.4. The molecule has 8 nitrogen and oxygen atoms in total. The third-order valence-electron chi connectivity index (χ3n) is 5.78. The lowest BCUT2D eigenvalue weighted by Crippen LogP contribution is -2.36. The topological polar surface area (TPSA) is 91.1 Å². The number of aryl methyl sites for hydroxylation is 2. The Morgan fingerprint density at radius 3 is 2.50 bits per heavy atom. The Bertz CT molecular complexity index is 1130. The van der Waals surface area contributed by atoms with E-state index in [9.17, 15) is 9.59 Å². The van der Waals surface area contributed by atoms with Crippen LogP contribution in [0.4, 0.5) is 0 Å². The number of rotatable bonds is 10. The highest BCUT2D eigenvalue weighted by molar-refractivity contribution is 5.91. The van der Waals surface area contributed by atoms with Gasteiger partial charge >= 0.3 is 5.97 Å². The van der Waals surface area contributed by atoms with Gasteiger partial charge in [0.1, 0.15) is 23.9 Å². The van der Waals surface area contributed by atoms with Gasteiger partial charge in [-0.15, -0.1) is 0 Å². The highest BCUT2D eigenvalue weighted by Crippen LogP contribution is 2.29. The highest BCUT2D eigenvalue weighted by Gasteiger charge is 2.33. The fraction of sp³-hybridized carbons (Fsp3) is 0.346.